The van der Waals surface area contributed by atoms with E-state index in [-0.39, 0.29) is 6.04 Å². The minimum Gasteiger partial charge on any atom is -0.398 e. The van der Waals surface area contributed by atoms with Crippen LogP contribution in [0.25, 0.3) is 17.2 Å². The van der Waals surface area contributed by atoms with Gasteiger partial charge in [-0.25, -0.2) is 0 Å². The van der Waals surface area contributed by atoms with Gasteiger partial charge in [0, 0.05) is 17.5 Å². The van der Waals surface area contributed by atoms with Crippen molar-refractivity contribution in [3.05, 3.63) is 94.6 Å². The minimum atomic E-state index is -4.37. The Kier molecular flexibility index (Phi) is 7.65. The standard InChI is InChI=1S/C29H31F3N2/c1-6-21-7-9-22(10-8-21)28(13-18(2)3)34-17-23-16-26(20(5)15-27(23)33)25-12-11-24(14-19(25)4)29(30,31)32/h6-12,14-18,28H,1,13,33H2,2-5H3. The molecule has 0 aliphatic heterocycles. The third-order valence-electron chi connectivity index (χ3n) is 5.92. The van der Waals surface area contributed by atoms with Crippen LogP contribution in [-0.4, -0.2) is 6.21 Å². The van der Waals surface area contributed by atoms with Crippen molar-refractivity contribution >= 4 is 18.0 Å². The molecule has 0 saturated heterocycles. The number of halogens is 3. The normalized spacial score (nSPS) is 12.9. The van der Waals surface area contributed by atoms with Crippen molar-refractivity contribution < 1.29 is 13.2 Å². The van der Waals surface area contributed by atoms with Crippen molar-refractivity contribution in [2.75, 3.05) is 5.73 Å². The molecule has 0 amide bonds. The molecule has 3 rings (SSSR count). The summed E-state index contributed by atoms with van der Waals surface area (Å²) in [6, 6.07) is 15.8. The van der Waals surface area contributed by atoms with Crippen LogP contribution in [0.3, 0.4) is 0 Å². The Bertz CT molecular complexity index is 1190. The van der Waals surface area contributed by atoms with Crippen molar-refractivity contribution in [2.45, 2.75) is 46.3 Å². The molecule has 0 radical (unpaired) electrons. The van der Waals surface area contributed by atoms with Crippen molar-refractivity contribution in [3.8, 4) is 11.1 Å². The van der Waals surface area contributed by atoms with E-state index in [1.807, 2.05) is 37.3 Å². The second-order valence-corrected chi connectivity index (χ2v) is 9.12. The first-order valence-corrected chi connectivity index (χ1v) is 11.3. The molecule has 0 saturated carbocycles. The quantitative estimate of drug-likeness (QED) is 0.277. The molecule has 0 fully saturated rings. The van der Waals surface area contributed by atoms with Gasteiger partial charge in [0.05, 0.1) is 11.6 Å². The Hall–Kier alpha value is -3.34. The second kappa shape index (κ2) is 10.3. The number of nitrogens with two attached hydrogens (primary N) is 1. The number of nitrogens with zero attached hydrogens (tertiary/aromatic N) is 1. The molecule has 0 heterocycles. The lowest BCUT2D eigenvalue weighted by molar-refractivity contribution is -0.137. The second-order valence-electron chi connectivity index (χ2n) is 9.12. The summed E-state index contributed by atoms with van der Waals surface area (Å²) in [5.41, 5.74) is 12.2. The number of aryl methyl sites for hydroxylation is 2. The summed E-state index contributed by atoms with van der Waals surface area (Å²) in [7, 11) is 0. The zero-order valence-electron chi connectivity index (χ0n) is 20.1. The molecule has 0 aliphatic rings. The third-order valence-corrected chi connectivity index (χ3v) is 5.92. The highest BCUT2D eigenvalue weighted by Crippen LogP contribution is 2.35. The fourth-order valence-electron chi connectivity index (χ4n) is 4.05. The maximum atomic E-state index is 13.1. The Morgan fingerprint density at radius 3 is 2.15 bits per heavy atom. The first-order valence-electron chi connectivity index (χ1n) is 11.3. The van der Waals surface area contributed by atoms with Crippen LogP contribution in [-0.2, 0) is 6.18 Å². The van der Waals surface area contributed by atoms with E-state index in [4.69, 9.17) is 10.7 Å². The zero-order valence-corrected chi connectivity index (χ0v) is 20.1. The number of alkyl halides is 3. The SMILES string of the molecule is C=Cc1ccc(C(CC(C)C)N=Cc2cc(-c3ccc(C(F)(F)F)cc3C)c(C)cc2N)cc1. The van der Waals surface area contributed by atoms with Crippen LogP contribution in [0.15, 0.2) is 66.2 Å². The molecular formula is C29H31F3N2. The van der Waals surface area contributed by atoms with Crippen molar-refractivity contribution in [2.24, 2.45) is 10.9 Å². The highest BCUT2D eigenvalue weighted by Gasteiger charge is 2.30. The van der Waals surface area contributed by atoms with Crippen LogP contribution in [0.1, 0.15) is 59.7 Å². The molecule has 2 N–H and O–H groups in total. The molecular weight excluding hydrogens is 433 g/mol. The minimum absolute atomic E-state index is 0.0316. The molecule has 34 heavy (non-hydrogen) atoms. The molecule has 178 valence electrons. The highest BCUT2D eigenvalue weighted by atomic mass is 19.4. The van der Waals surface area contributed by atoms with Crippen molar-refractivity contribution in [1.29, 1.82) is 0 Å². The molecule has 0 spiro atoms. The van der Waals surface area contributed by atoms with Gasteiger partial charge < -0.3 is 5.73 Å². The van der Waals surface area contributed by atoms with E-state index in [0.29, 0.717) is 17.2 Å². The van der Waals surface area contributed by atoms with Crippen molar-refractivity contribution in [3.63, 3.8) is 0 Å². The summed E-state index contributed by atoms with van der Waals surface area (Å²) in [5, 5.41) is 0. The number of rotatable bonds is 7. The van der Waals surface area contributed by atoms with Crippen LogP contribution in [0.5, 0.6) is 0 Å². The van der Waals surface area contributed by atoms with Crippen LogP contribution in [0.4, 0.5) is 18.9 Å². The highest BCUT2D eigenvalue weighted by molar-refractivity contribution is 5.90. The van der Waals surface area contributed by atoms with Gasteiger partial charge in [-0.2, -0.15) is 13.2 Å². The average molecular weight is 465 g/mol. The van der Waals surface area contributed by atoms with Gasteiger partial charge in [0.2, 0.25) is 0 Å². The number of benzene rings is 3. The van der Waals surface area contributed by atoms with Gasteiger partial charge >= 0.3 is 6.18 Å². The van der Waals surface area contributed by atoms with Gasteiger partial charge in [-0.15, -0.1) is 0 Å². The van der Waals surface area contributed by atoms with E-state index in [0.717, 1.165) is 45.9 Å². The van der Waals surface area contributed by atoms with E-state index in [1.54, 1.807) is 13.1 Å². The van der Waals surface area contributed by atoms with E-state index in [9.17, 15) is 13.2 Å². The number of hydrogen-bond acceptors (Lipinski definition) is 2. The number of hydrogen-bond donors (Lipinski definition) is 1. The molecule has 3 aromatic carbocycles. The predicted molar refractivity (Wildman–Crippen MR) is 137 cm³/mol. The third kappa shape index (κ3) is 5.96. The largest absolute Gasteiger partial charge is 0.416 e. The van der Waals surface area contributed by atoms with Gasteiger partial charge in [-0.05, 0) is 83.8 Å². The zero-order chi connectivity index (χ0) is 25.0. The molecule has 0 aromatic heterocycles. The van der Waals surface area contributed by atoms with E-state index in [1.165, 1.54) is 12.1 Å². The van der Waals surface area contributed by atoms with Crippen LogP contribution in [0.2, 0.25) is 0 Å². The first kappa shape index (κ1) is 25.3. The topological polar surface area (TPSA) is 38.4 Å². The lowest BCUT2D eigenvalue weighted by atomic mass is 9.93. The average Bonchev–Trinajstić information content (AvgIpc) is 2.77. The molecule has 2 nitrogen and oxygen atoms in total. The number of anilines is 1. The number of nitrogen functional groups attached to an aromatic ring is 1. The fraction of sp³-hybridized carbons (Fsp3) is 0.276. The summed E-state index contributed by atoms with van der Waals surface area (Å²) < 4.78 is 39.3. The van der Waals surface area contributed by atoms with E-state index < -0.39 is 11.7 Å². The maximum absolute atomic E-state index is 13.1. The molecule has 5 heteroatoms. The Morgan fingerprint density at radius 1 is 0.941 bits per heavy atom. The monoisotopic (exact) mass is 464 g/mol. The molecule has 3 aromatic rings. The van der Waals surface area contributed by atoms with E-state index >= 15 is 0 Å². The number of aliphatic imine (C=N–C) groups is 1. The molecule has 1 atom stereocenters. The Balaban J connectivity index is 1.99. The fourth-order valence-corrected chi connectivity index (χ4v) is 4.05. The van der Waals surface area contributed by atoms with Crippen LogP contribution < -0.4 is 5.73 Å². The maximum Gasteiger partial charge on any atom is 0.416 e. The summed E-state index contributed by atoms with van der Waals surface area (Å²) >= 11 is 0. The van der Waals surface area contributed by atoms with Gasteiger partial charge in [0.15, 0.2) is 0 Å². The molecule has 1 unspecified atom stereocenters. The summed E-state index contributed by atoms with van der Waals surface area (Å²) in [6.07, 6.45) is 0.0988. The first-order chi connectivity index (χ1) is 16.0. The summed E-state index contributed by atoms with van der Waals surface area (Å²) in [4.78, 5) is 4.87. The molecule has 0 aliphatic carbocycles. The smallest absolute Gasteiger partial charge is 0.398 e. The Labute approximate surface area is 200 Å². The van der Waals surface area contributed by atoms with Crippen LogP contribution in [0, 0.1) is 19.8 Å². The van der Waals surface area contributed by atoms with E-state index in [2.05, 4.69) is 32.6 Å². The predicted octanol–water partition coefficient (Wildman–Crippen LogP) is 8.42. The van der Waals surface area contributed by atoms with Gasteiger partial charge in [-0.3, -0.25) is 4.99 Å². The summed E-state index contributed by atoms with van der Waals surface area (Å²) in [5.74, 6) is 0.446. The lowest BCUT2D eigenvalue weighted by Gasteiger charge is -2.17. The van der Waals surface area contributed by atoms with Gasteiger partial charge in [-0.1, -0.05) is 56.8 Å². The van der Waals surface area contributed by atoms with Crippen LogP contribution >= 0.6 is 0 Å². The summed E-state index contributed by atoms with van der Waals surface area (Å²) in [6.45, 7) is 11.7. The molecule has 0 bridgehead atoms. The van der Waals surface area contributed by atoms with Crippen molar-refractivity contribution in [1.82, 2.24) is 0 Å². The van der Waals surface area contributed by atoms with Gasteiger partial charge in [0.25, 0.3) is 0 Å². The Morgan fingerprint density at radius 2 is 1.59 bits per heavy atom. The van der Waals surface area contributed by atoms with Gasteiger partial charge in [0.1, 0.15) is 0 Å². The lowest BCUT2D eigenvalue weighted by Crippen LogP contribution is -2.05.